The Bertz CT molecular complexity index is 2700. The van der Waals surface area contributed by atoms with Crippen LogP contribution in [0.15, 0.2) is 24.3 Å². The number of rotatable bonds is 14. The van der Waals surface area contributed by atoms with E-state index < -0.39 is 32.3 Å². The second-order valence-electron chi connectivity index (χ2n) is 20.6. The highest BCUT2D eigenvalue weighted by Crippen LogP contribution is 2.43. The van der Waals surface area contributed by atoms with Crippen molar-refractivity contribution in [3.8, 4) is 69.5 Å². The van der Waals surface area contributed by atoms with E-state index in [0.717, 1.165) is 94.0 Å². The minimum Gasteiger partial charge on any atom is -0.127 e. The third kappa shape index (κ3) is 13.3. The van der Waals surface area contributed by atoms with Gasteiger partial charge in [-0.2, -0.15) is 0 Å². The lowest BCUT2D eigenvalue weighted by Crippen LogP contribution is -2.29. The second-order valence-corrected chi connectivity index (χ2v) is 42.0. The Kier molecular flexibility index (Phi) is 19.4. The van der Waals surface area contributed by atoms with Crippen molar-refractivity contribution in [2.75, 3.05) is 0 Å². The normalized spacial score (nSPS) is 11.7. The highest BCUT2D eigenvalue weighted by molar-refractivity contribution is 7.20. The summed E-state index contributed by atoms with van der Waals surface area (Å²) in [5, 5.41) is 7.22. The molecule has 0 saturated carbocycles. The Morgan fingerprint density at radius 1 is 0.364 bits per heavy atom. The molecule has 0 radical (unpaired) electrons. The van der Waals surface area contributed by atoms with E-state index in [4.69, 9.17) is 0 Å². The van der Waals surface area contributed by atoms with Crippen LogP contribution in [0.3, 0.4) is 0 Å². The van der Waals surface area contributed by atoms with Crippen molar-refractivity contribution in [2.24, 2.45) is 0 Å². The first kappa shape index (κ1) is 53.3. The molecule has 6 heteroatoms. The molecule has 2 heterocycles. The lowest BCUT2D eigenvalue weighted by atomic mass is 9.90. The maximum Gasteiger partial charge on any atom is 0.138 e. The summed E-state index contributed by atoms with van der Waals surface area (Å²) < 4.78 is 2.47. The van der Waals surface area contributed by atoms with Crippen LogP contribution < -0.4 is 0 Å². The molecule has 5 aromatic rings. The first-order valence-electron chi connectivity index (χ1n) is 25.6. The molecule has 0 spiro atoms. The van der Waals surface area contributed by atoms with Crippen LogP contribution in [0.2, 0.25) is 75.5 Å². The van der Waals surface area contributed by atoms with Crippen molar-refractivity contribution in [1.29, 1.82) is 0 Å². The molecule has 2 aromatic heterocycles. The highest BCUT2D eigenvalue weighted by atomic mass is 32.1. The van der Waals surface area contributed by atoms with Crippen molar-refractivity contribution in [1.82, 2.24) is 0 Å². The zero-order valence-electron chi connectivity index (χ0n) is 43.4. The average molecular weight is 976 g/mol. The van der Waals surface area contributed by atoms with E-state index in [1.807, 2.05) is 22.7 Å². The van der Waals surface area contributed by atoms with E-state index >= 15 is 0 Å². The molecule has 3 aromatic carbocycles. The molecule has 0 unspecified atom stereocenters. The van der Waals surface area contributed by atoms with E-state index in [9.17, 15) is 0 Å². The van der Waals surface area contributed by atoms with Gasteiger partial charge in [0, 0.05) is 54.9 Å². The Labute approximate surface area is 414 Å². The third-order valence-electron chi connectivity index (χ3n) is 13.5. The standard InChI is InChI=1S/C60H78S2Si4/c1-15-23-25-27-29-31-33-57-49(35-39-63(9,10)11)55-43-51-47(37-41-65(17-3,18-4)19-5)54-46-60-56(50(36-40-64(12,13)14)58(62-60)34-32-30-28-26-24-16-2)44-52(54)48(53(51)45-59(55)61-57)38-42-66(20-6,21-7)22-8/h43-46H,15-30H2,1-14H3. The number of fused-ring (bicyclic) bond motifs is 4. The first-order chi connectivity index (χ1) is 31.5. The molecule has 0 atom stereocenters. The maximum atomic E-state index is 4.08. The quantitative estimate of drug-likeness (QED) is 0.0450. The van der Waals surface area contributed by atoms with Gasteiger partial charge in [-0.15, -0.1) is 44.8 Å². The molecule has 0 fully saturated rings. The van der Waals surface area contributed by atoms with Gasteiger partial charge < -0.3 is 0 Å². The predicted octanol–water partition coefficient (Wildman–Crippen LogP) is 18.3. The van der Waals surface area contributed by atoms with Gasteiger partial charge in [-0.05, 0) is 84.1 Å². The number of thiophene rings is 2. The van der Waals surface area contributed by atoms with Crippen LogP contribution in [-0.2, 0) is 0 Å². The molecule has 0 aliphatic heterocycles. The lowest BCUT2D eigenvalue weighted by Gasteiger charge is -2.21. The van der Waals surface area contributed by atoms with E-state index in [2.05, 4.69) is 188 Å². The Morgan fingerprint density at radius 3 is 1.02 bits per heavy atom. The monoisotopic (exact) mass is 974 g/mol. The van der Waals surface area contributed by atoms with Gasteiger partial charge >= 0.3 is 0 Å². The van der Waals surface area contributed by atoms with Gasteiger partial charge in [-0.1, -0.05) is 181 Å². The fraction of sp³-hybridized carbons (Fsp3) is 0.500. The topological polar surface area (TPSA) is 0 Å². The Morgan fingerprint density at radius 2 is 0.697 bits per heavy atom. The molecule has 66 heavy (non-hydrogen) atoms. The second kappa shape index (κ2) is 24.1. The van der Waals surface area contributed by atoms with Gasteiger partial charge in [-0.25, -0.2) is 0 Å². The molecule has 5 rings (SSSR count). The smallest absolute Gasteiger partial charge is 0.127 e. The van der Waals surface area contributed by atoms with Crippen LogP contribution in [0.5, 0.6) is 0 Å². The van der Waals surface area contributed by atoms with Crippen LogP contribution in [-0.4, -0.2) is 32.3 Å². The molecule has 0 nitrogen and oxygen atoms in total. The summed E-state index contributed by atoms with van der Waals surface area (Å²) in [7, 11) is -7.03. The number of hydrogen-bond donors (Lipinski definition) is 0. The van der Waals surface area contributed by atoms with Crippen molar-refractivity contribution in [3.05, 3.63) is 56.3 Å². The molecule has 0 aliphatic rings. The van der Waals surface area contributed by atoms with Gasteiger partial charge in [0.1, 0.15) is 32.3 Å². The molecular formula is C60H78S2Si4. The highest BCUT2D eigenvalue weighted by Gasteiger charge is 2.27. The summed E-state index contributed by atoms with van der Waals surface area (Å²) in [4.78, 5) is 2.19. The van der Waals surface area contributed by atoms with Crippen molar-refractivity contribution < 1.29 is 0 Å². The van der Waals surface area contributed by atoms with E-state index in [0.29, 0.717) is 0 Å². The summed E-state index contributed by atoms with van der Waals surface area (Å²) in [6.45, 7) is 32.7. The molecule has 0 aliphatic carbocycles. The minimum absolute atomic E-state index is 0.922. The number of benzene rings is 3. The summed E-state index contributed by atoms with van der Waals surface area (Å²) in [5.74, 6) is 30.1. The van der Waals surface area contributed by atoms with Gasteiger partial charge in [0.15, 0.2) is 0 Å². The van der Waals surface area contributed by atoms with Crippen molar-refractivity contribution in [2.45, 2.75) is 195 Å². The van der Waals surface area contributed by atoms with Crippen molar-refractivity contribution in [3.63, 3.8) is 0 Å². The van der Waals surface area contributed by atoms with Crippen LogP contribution in [0, 0.1) is 69.5 Å². The molecule has 0 bridgehead atoms. The zero-order valence-corrected chi connectivity index (χ0v) is 49.1. The van der Waals surface area contributed by atoms with Gasteiger partial charge in [0.2, 0.25) is 0 Å². The van der Waals surface area contributed by atoms with Crippen molar-refractivity contribution >= 4 is 96.7 Å². The lowest BCUT2D eigenvalue weighted by molar-refractivity contribution is 0.679. The van der Waals surface area contributed by atoms with E-state index in [-0.39, 0.29) is 0 Å². The van der Waals surface area contributed by atoms with Crippen LogP contribution in [0.25, 0.3) is 41.7 Å². The maximum absolute atomic E-state index is 4.08. The fourth-order valence-electron chi connectivity index (χ4n) is 8.58. The SMILES string of the molecule is CCCCCCC#Cc1sc2cc3c(C#C[Si](CC)(CC)CC)c4cc5c(C#C[Si](C)(C)C)c(C#CCCCCCC)sc5cc4c(C#C[Si](CC)(CC)CC)c3cc2c1C#C[Si](C)(C)C. The summed E-state index contributed by atoms with van der Waals surface area (Å²) in [6.07, 6.45) is 11.6. The molecule has 0 saturated heterocycles. The third-order valence-corrected chi connectivity index (χ3v) is 26.9. The number of hydrogen-bond acceptors (Lipinski definition) is 2. The number of unbranched alkanes of at least 4 members (excludes halogenated alkanes) is 8. The largest absolute Gasteiger partial charge is 0.138 e. The van der Waals surface area contributed by atoms with Crippen LogP contribution in [0.4, 0.5) is 0 Å². The molecular weight excluding hydrogens is 897 g/mol. The summed E-state index contributed by atoms with van der Waals surface area (Å²) in [5.41, 5.74) is 20.1. The molecule has 0 amide bonds. The molecule has 0 N–H and O–H groups in total. The van der Waals surface area contributed by atoms with Crippen LogP contribution >= 0.6 is 22.7 Å². The fourth-order valence-corrected chi connectivity index (χ4v) is 16.5. The molecule has 346 valence electrons. The van der Waals surface area contributed by atoms with E-state index in [1.165, 1.54) is 80.2 Å². The van der Waals surface area contributed by atoms with Crippen LogP contribution in [0.1, 0.15) is 152 Å². The summed E-state index contributed by atoms with van der Waals surface area (Å²) in [6, 6.07) is 16.7. The Hall–Kier alpha value is -3.67. The van der Waals surface area contributed by atoms with E-state index in [1.54, 1.807) is 0 Å². The summed E-state index contributed by atoms with van der Waals surface area (Å²) >= 11 is 3.63. The first-order valence-corrected chi connectivity index (χ1v) is 39.5. The van der Waals surface area contributed by atoms with Gasteiger partial charge in [-0.3, -0.25) is 0 Å². The zero-order chi connectivity index (χ0) is 48.1. The van der Waals surface area contributed by atoms with Gasteiger partial charge in [0.25, 0.3) is 0 Å². The Balaban J connectivity index is 2.03. The predicted molar refractivity (Wildman–Crippen MR) is 312 cm³/mol. The minimum atomic E-state index is -1.83. The average Bonchev–Trinajstić information content (AvgIpc) is 3.82. The van der Waals surface area contributed by atoms with Gasteiger partial charge in [0.05, 0.1) is 20.9 Å².